The molecule has 21 heavy (non-hydrogen) atoms. The van der Waals surface area contributed by atoms with Crippen molar-refractivity contribution in [3.63, 3.8) is 0 Å². The highest BCUT2D eigenvalue weighted by molar-refractivity contribution is 5.76. The van der Waals surface area contributed by atoms with Gasteiger partial charge in [-0.05, 0) is 39.7 Å². The van der Waals surface area contributed by atoms with Gasteiger partial charge in [0.25, 0.3) is 0 Å². The minimum Gasteiger partial charge on any atom is -0.480 e. The van der Waals surface area contributed by atoms with Crippen LogP contribution in [0.5, 0.6) is 0 Å². The number of hydrogen-bond acceptors (Lipinski definition) is 4. The minimum atomic E-state index is -0.910. The number of carbonyl (C=O) groups is 2. The van der Waals surface area contributed by atoms with Gasteiger partial charge in [0.1, 0.15) is 6.61 Å². The number of ether oxygens (including phenoxy) is 1. The van der Waals surface area contributed by atoms with Crippen LogP contribution in [0.25, 0.3) is 0 Å². The summed E-state index contributed by atoms with van der Waals surface area (Å²) < 4.78 is 5.31. The van der Waals surface area contributed by atoms with Gasteiger partial charge in [-0.15, -0.1) is 0 Å². The molecule has 0 aromatic heterocycles. The average molecular weight is 300 g/mol. The first-order chi connectivity index (χ1) is 10.1. The van der Waals surface area contributed by atoms with Crippen molar-refractivity contribution in [3.8, 4) is 0 Å². The maximum atomic E-state index is 11.9. The van der Waals surface area contributed by atoms with Gasteiger partial charge in [-0.3, -0.25) is 4.79 Å². The van der Waals surface area contributed by atoms with Crippen molar-refractivity contribution in [3.05, 3.63) is 0 Å². The van der Waals surface area contributed by atoms with Gasteiger partial charge >= 0.3 is 5.97 Å². The molecule has 0 unspecified atom stereocenters. The van der Waals surface area contributed by atoms with Crippen molar-refractivity contribution < 1.29 is 19.4 Å². The van der Waals surface area contributed by atoms with Crippen LogP contribution in [0.1, 0.15) is 39.5 Å². The number of nitrogens with zero attached hydrogens (tertiary/aromatic N) is 2. The van der Waals surface area contributed by atoms with E-state index in [1.807, 2.05) is 18.7 Å². The Hall–Kier alpha value is -1.14. The monoisotopic (exact) mass is 300 g/mol. The highest BCUT2D eigenvalue weighted by atomic mass is 16.5. The molecule has 0 bridgehead atoms. The average Bonchev–Trinajstić information content (AvgIpc) is 2.47. The van der Waals surface area contributed by atoms with Gasteiger partial charge in [0, 0.05) is 32.6 Å². The molecular weight excluding hydrogens is 272 g/mol. The van der Waals surface area contributed by atoms with Crippen molar-refractivity contribution in [1.29, 1.82) is 0 Å². The Morgan fingerprint density at radius 2 is 1.86 bits per heavy atom. The number of likely N-dealkylation sites (tertiary alicyclic amines) is 1. The summed E-state index contributed by atoms with van der Waals surface area (Å²) in [6, 6.07) is 0. The molecule has 0 saturated carbocycles. The molecule has 0 aromatic carbocycles. The summed E-state index contributed by atoms with van der Waals surface area (Å²) in [6.45, 7) is 8.13. The van der Waals surface area contributed by atoms with E-state index in [-0.39, 0.29) is 18.6 Å². The van der Waals surface area contributed by atoms with E-state index in [0.29, 0.717) is 6.42 Å². The summed E-state index contributed by atoms with van der Waals surface area (Å²) in [6.07, 6.45) is 3.30. The predicted octanol–water partition coefficient (Wildman–Crippen LogP) is 1.20. The Balaban J connectivity index is 2.13. The van der Waals surface area contributed by atoms with Crippen LogP contribution in [0.2, 0.25) is 0 Å². The number of amides is 1. The molecule has 1 N–H and O–H groups in total. The number of carboxylic acids is 1. The second-order valence-corrected chi connectivity index (χ2v) is 5.42. The first kappa shape index (κ1) is 17.9. The fraction of sp³-hybridized carbons (Fsp3) is 0.867. The molecule has 1 amide bonds. The maximum absolute atomic E-state index is 11.9. The largest absolute Gasteiger partial charge is 0.480 e. The molecular formula is C15H28N2O4. The smallest absolute Gasteiger partial charge is 0.329 e. The van der Waals surface area contributed by atoms with E-state index in [4.69, 9.17) is 9.84 Å². The van der Waals surface area contributed by atoms with Crippen LogP contribution in [-0.4, -0.2) is 72.2 Å². The maximum Gasteiger partial charge on any atom is 0.329 e. The number of piperidine rings is 1. The molecule has 1 saturated heterocycles. The van der Waals surface area contributed by atoms with Gasteiger partial charge in [-0.25, -0.2) is 4.79 Å². The number of carbonyl (C=O) groups excluding carboxylic acids is 1. The third-order valence-electron chi connectivity index (χ3n) is 3.96. The Bertz CT molecular complexity index is 324. The van der Waals surface area contributed by atoms with Crippen LogP contribution in [0, 0.1) is 0 Å². The van der Waals surface area contributed by atoms with Crippen molar-refractivity contribution in [2.75, 3.05) is 39.3 Å². The summed E-state index contributed by atoms with van der Waals surface area (Å²) in [4.78, 5) is 26.5. The second-order valence-electron chi connectivity index (χ2n) is 5.42. The lowest BCUT2D eigenvalue weighted by Crippen LogP contribution is -2.38. The lowest BCUT2D eigenvalue weighted by molar-refractivity contribution is -0.145. The highest BCUT2D eigenvalue weighted by Gasteiger charge is 2.20. The van der Waals surface area contributed by atoms with E-state index in [1.54, 1.807) is 0 Å². The van der Waals surface area contributed by atoms with Gasteiger partial charge in [0.05, 0.1) is 6.10 Å². The second kappa shape index (κ2) is 9.73. The minimum absolute atomic E-state index is 0.0645. The third-order valence-corrected chi connectivity index (χ3v) is 3.96. The summed E-state index contributed by atoms with van der Waals surface area (Å²) in [7, 11) is 0. The Morgan fingerprint density at radius 1 is 1.24 bits per heavy atom. The molecule has 0 aromatic rings. The lowest BCUT2D eigenvalue weighted by Gasteiger charge is -2.31. The molecule has 1 rings (SSSR count). The standard InChI is InChI=1S/C15H28N2O4/c1-3-17(4-2)14(18)6-5-9-16-10-7-13(8-11-16)21-12-15(19)20/h13H,3-12H2,1-2H3,(H,19,20). The Kier molecular flexibility index (Phi) is 8.30. The van der Waals surface area contributed by atoms with E-state index in [9.17, 15) is 9.59 Å². The summed E-state index contributed by atoms with van der Waals surface area (Å²) in [5, 5.41) is 8.58. The zero-order chi connectivity index (χ0) is 15.7. The molecule has 122 valence electrons. The number of hydrogen-bond donors (Lipinski definition) is 1. The van der Waals surface area contributed by atoms with Crippen LogP contribution in [0.4, 0.5) is 0 Å². The van der Waals surface area contributed by atoms with Gasteiger partial charge in [0.2, 0.25) is 5.91 Å². The summed E-state index contributed by atoms with van der Waals surface area (Å²) in [5.41, 5.74) is 0. The van der Waals surface area contributed by atoms with Crippen LogP contribution in [-0.2, 0) is 14.3 Å². The lowest BCUT2D eigenvalue weighted by atomic mass is 10.1. The number of rotatable bonds is 9. The summed E-state index contributed by atoms with van der Waals surface area (Å²) in [5.74, 6) is -0.674. The van der Waals surface area contributed by atoms with Crippen LogP contribution in [0.15, 0.2) is 0 Å². The molecule has 0 radical (unpaired) electrons. The SMILES string of the molecule is CCN(CC)C(=O)CCCN1CCC(OCC(=O)O)CC1. The van der Waals surface area contributed by atoms with Crippen LogP contribution >= 0.6 is 0 Å². The molecule has 6 heteroatoms. The zero-order valence-electron chi connectivity index (χ0n) is 13.2. The van der Waals surface area contributed by atoms with Gasteiger partial charge in [-0.2, -0.15) is 0 Å². The van der Waals surface area contributed by atoms with Crippen LogP contribution < -0.4 is 0 Å². The molecule has 0 atom stereocenters. The topological polar surface area (TPSA) is 70.1 Å². The molecule has 1 heterocycles. The molecule has 1 aliphatic heterocycles. The zero-order valence-corrected chi connectivity index (χ0v) is 13.2. The fourth-order valence-corrected chi connectivity index (χ4v) is 2.68. The Morgan fingerprint density at radius 3 is 2.38 bits per heavy atom. The highest BCUT2D eigenvalue weighted by Crippen LogP contribution is 2.14. The molecule has 1 aliphatic rings. The third kappa shape index (κ3) is 6.91. The first-order valence-corrected chi connectivity index (χ1v) is 7.90. The fourth-order valence-electron chi connectivity index (χ4n) is 2.68. The van der Waals surface area contributed by atoms with Gasteiger partial charge < -0.3 is 19.6 Å². The van der Waals surface area contributed by atoms with Crippen molar-refractivity contribution in [1.82, 2.24) is 9.80 Å². The number of aliphatic carboxylic acids is 1. The van der Waals surface area contributed by atoms with Crippen molar-refractivity contribution >= 4 is 11.9 Å². The van der Waals surface area contributed by atoms with E-state index in [0.717, 1.165) is 52.0 Å². The number of carboxylic acid groups (broad SMARTS) is 1. The van der Waals surface area contributed by atoms with E-state index in [2.05, 4.69) is 4.90 Å². The predicted molar refractivity (Wildman–Crippen MR) is 80.2 cm³/mol. The van der Waals surface area contributed by atoms with E-state index < -0.39 is 5.97 Å². The van der Waals surface area contributed by atoms with E-state index in [1.165, 1.54) is 0 Å². The van der Waals surface area contributed by atoms with E-state index >= 15 is 0 Å². The molecule has 1 fully saturated rings. The molecule has 0 aliphatic carbocycles. The first-order valence-electron chi connectivity index (χ1n) is 7.90. The van der Waals surface area contributed by atoms with Crippen molar-refractivity contribution in [2.24, 2.45) is 0 Å². The summed E-state index contributed by atoms with van der Waals surface area (Å²) >= 11 is 0. The Labute approximate surface area is 127 Å². The molecule has 6 nitrogen and oxygen atoms in total. The van der Waals surface area contributed by atoms with Gasteiger partial charge in [0.15, 0.2) is 0 Å². The normalized spacial score (nSPS) is 16.9. The van der Waals surface area contributed by atoms with Crippen LogP contribution in [0.3, 0.4) is 0 Å². The quantitative estimate of drug-likeness (QED) is 0.693. The molecule has 0 spiro atoms. The van der Waals surface area contributed by atoms with Crippen molar-refractivity contribution in [2.45, 2.75) is 45.6 Å². The van der Waals surface area contributed by atoms with Gasteiger partial charge in [-0.1, -0.05) is 0 Å².